The SMILES string of the molecule is COc1cc(C=C(C#N)C(=O)Nc2cc(C)cc(C)c2)ccc1OCc1ccc(C(=O)O)o1. The summed E-state index contributed by atoms with van der Waals surface area (Å²) in [6.07, 6.45) is 1.45. The lowest BCUT2D eigenvalue weighted by atomic mass is 10.1. The number of anilines is 1. The van der Waals surface area contributed by atoms with Crippen molar-refractivity contribution in [3.63, 3.8) is 0 Å². The molecule has 0 saturated heterocycles. The zero-order chi connectivity index (χ0) is 24.0. The second-order valence-electron chi connectivity index (χ2n) is 7.27. The molecule has 0 aliphatic rings. The summed E-state index contributed by atoms with van der Waals surface area (Å²) in [5, 5.41) is 21.2. The standard InChI is InChI=1S/C25H22N2O6/c1-15-8-16(2)10-19(9-15)27-24(28)18(13-26)11-17-4-6-21(23(12-17)31-3)32-14-20-5-7-22(33-20)25(29)30/h4-12H,14H2,1-3H3,(H,27,28)(H,29,30). The normalized spacial score (nSPS) is 10.9. The lowest BCUT2D eigenvalue weighted by Crippen LogP contribution is -2.13. The van der Waals surface area contributed by atoms with Gasteiger partial charge in [0, 0.05) is 5.69 Å². The van der Waals surface area contributed by atoms with Crippen LogP contribution in [0.15, 0.2) is 58.5 Å². The fourth-order valence-electron chi connectivity index (χ4n) is 3.17. The number of benzene rings is 2. The molecule has 2 N–H and O–H groups in total. The molecule has 168 valence electrons. The molecule has 3 rings (SSSR count). The number of nitriles is 1. The van der Waals surface area contributed by atoms with Crippen LogP contribution in [0.25, 0.3) is 6.08 Å². The Kier molecular flexibility index (Phi) is 7.16. The number of furan rings is 1. The van der Waals surface area contributed by atoms with Crippen molar-refractivity contribution in [3.8, 4) is 17.6 Å². The summed E-state index contributed by atoms with van der Waals surface area (Å²) in [7, 11) is 1.46. The predicted molar refractivity (Wildman–Crippen MR) is 121 cm³/mol. The lowest BCUT2D eigenvalue weighted by Gasteiger charge is -2.11. The zero-order valence-corrected chi connectivity index (χ0v) is 18.3. The van der Waals surface area contributed by atoms with Gasteiger partial charge in [-0.2, -0.15) is 5.26 Å². The summed E-state index contributed by atoms with van der Waals surface area (Å²) >= 11 is 0. The van der Waals surface area contributed by atoms with Crippen molar-refractivity contribution >= 4 is 23.6 Å². The summed E-state index contributed by atoms with van der Waals surface area (Å²) < 4.78 is 16.2. The molecule has 0 radical (unpaired) electrons. The number of carbonyl (C=O) groups is 2. The van der Waals surface area contributed by atoms with Gasteiger partial charge in [-0.25, -0.2) is 4.79 Å². The quantitative estimate of drug-likeness (QED) is 0.379. The molecule has 3 aromatic rings. The molecule has 0 aliphatic heterocycles. The van der Waals surface area contributed by atoms with E-state index in [4.69, 9.17) is 19.0 Å². The van der Waals surface area contributed by atoms with E-state index in [0.29, 0.717) is 28.5 Å². The largest absolute Gasteiger partial charge is 0.493 e. The molecule has 2 aromatic carbocycles. The Morgan fingerprint density at radius 2 is 1.82 bits per heavy atom. The molecule has 1 amide bonds. The summed E-state index contributed by atoms with van der Waals surface area (Å²) in [5.41, 5.74) is 3.12. The fourth-order valence-corrected chi connectivity index (χ4v) is 3.17. The third-order valence-electron chi connectivity index (χ3n) is 4.59. The Morgan fingerprint density at radius 1 is 1.09 bits per heavy atom. The van der Waals surface area contributed by atoms with E-state index in [0.717, 1.165) is 11.1 Å². The number of aryl methyl sites for hydroxylation is 2. The molecule has 8 nitrogen and oxygen atoms in total. The van der Waals surface area contributed by atoms with Crippen LogP contribution in [0, 0.1) is 25.2 Å². The van der Waals surface area contributed by atoms with Crippen LogP contribution in [-0.4, -0.2) is 24.1 Å². The smallest absolute Gasteiger partial charge is 0.371 e. The van der Waals surface area contributed by atoms with Gasteiger partial charge >= 0.3 is 5.97 Å². The minimum Gasteiger partial charge on any atom is -0.493 e. The van der Waals surface area contributed by atoms with Crippen LogP contribution in [0.5, 0.6) is 11.5 Å². The van der Waals surface area contributed by atoms with E-state index in [1.165, 1.54) is 25.3 Å². The number of carboxylic acids is 1. The van der Waals surface area contributed by atoms with Gasteiger partial charge in [-0.3, -0.25) is 4.79 Å². The van der Waals surface area contributed by atoms with E-state index >= 15 is 0 Å². The van der Waals surface area contributed by atoms with Crippen LogP contribution in [0.4, 0.5) is 5.69 Å². The molecular formula is C25H22N2O6. The second kappa shape index (κ2) is 10.2. The van der Waals surface area contributed by atoms with Crippen LogP contribution in [0.3, 0.4) is 0 Å². The zero-order valence-electron chi connectivity index (χ0n) is 18.3. The Labute approximate surface area is 190 Å². The predicted octanol–water partition coefficient (Wildman–Crippen LogP) is 4.73. The average Bonchev–Trinajstić information content (AvgIpc) is 3.25. The highest BCUT2D eigenvalue weighted by atomic mass is 16.5. The van der Waals surface area contributed by atoms with Crippen LogP contribution in [0.2, 0.25) is 0 Å². The van der Waals surface area contributed by atoms with E-state index < -0.39 is 11.9 Å². The van der Waals surface area contributed by atoms with Gasteiger partial charge in [0.15, 0.2) is 11.5 Å². The second-order valence-corrected chi connectivity index (χ2v) is 7.27. The van der Waals surface area contributed by atoms with Crippen LogP contribution in [0.1, 0.15) is 33.0 Å². The first kappa shape index (κ1) is 23.2. The van der Waals surface area contributed by atoms with E-state index in [2.05, 4.69) is 5.32 Å². The Hall–Kier alpha value is -4.51. The number of nitrogens with one attached hydrogen (secondary N) is 1. The number of rotatable bonds is 8. The molecule has 33 heavy (non-hydrogen) atoms. The maximum Gasteiger partial charge on any atom is 0.371 e. The van der Waals surface area contributed by atoms with Crippen LogP contribution in [-0.2, 0) is 11.4 Å². The molecule has 1 heterocycles. The number of nitrogens with zero attached hydrogens (tertiary/aromatic N) is 1. The maximum absolute atomic E-state index is 12.6. The van der Waals surface area contributed by atoms with Crippen molar-refractivity contribution in [1.29, 1.82) is 5.26 Å². The first-order valence-electron chi connectivity index (χ1n) is 9.93. The average molecular weight is 446 g/mol. The van der Waals surface area contributed by atoms with Gasteiger partial charge in [0.05, 0.1) is 7.11 Å². The van der Waals surface area contributed by atoms with Crippen LogP contribution < -0.4 is 14.8 Å². The number of hydrogen-bond donors (Lipinski definition) is 2. The Balaban J connectivity index is 1.75. The van der Waals surface area contributed by atoms with Gasteiger partial charge < -0.3 is 24.3 Å². The minimum atomic E-state index is -1.16. The van der Waals surface area contributed by atoms with E-state index in [1.807, 2.05) is 38.1 Å². The number of aromatic carboxylic acids is 1. The summed E-state index contributed by atoms with van der Waals surface area (Å²) in [6.45, 7) is 3.85. The highest BCUT2D eigenvalue weighted by Gasteiger charge is 2.13. The van der Waals surface area contributed by atoms with Gasteiger partial charge in [0.25, 0.3) is 5.91 Å². The van der Waals surface area contributed by atoms with Gasteiger partial charge in [0.1, 0.15) is 24.0 Å². The molecular weight excluding hydrogens is 424 g/mol. The lowest BCUT2D eigenvalue weighted by molar-refractivity contribution is -0.112. The van der Waals surface area contributed by atoms with Crippen molar-refractivity contribution < 1.29 is 28.6 Å². The molecule has 0 spiro atoms. The van der Waals surface area contributed by atoms with Crippen molar-refractivity contribution in [1.82, 2.24) is 0 Å². The van der Waals surface area contributed by atoms with Gasteiger partial charge in [0.2, 0.25) is 5.76 Å². The molecule has 0 aliphatic carbocycles. The van der Waals surface area contributed by atoms with Gasteiger partial charge in [-0.1, -0.05) is 12.1 Å². The third-order valence-corrected chi connectivity index (χ3v) is 4.59. The number of carbonyl (C=O) groups excluding carboxylic acids is 1. The monoisotopic (exact) mass is 446 g/mol. The third kappa shape index (κ3) is 6.02. The van der Waals surface area contributed by atoms with E-state index in [-0.39, 0.29) is 17.9 Å². The van der Waals surface area contributed by atoms with Crippen molar-refractivity contribution in [2.24, 2.45) is 0 Å². The number of methoxy groups -OCH3 is 1. The fraction of sp³-hybridized carbons (Fsp3) is 0.160. The maximum atomic E-state index is 12.6. The molecule has 0 saturated carbocycles. The molecule has 0 unspecified atom stereocenters. The highest BCUT2D eigenvalue weighted by molar-refractivity contribution is 6.09. The molecule has 8 heteroatoms. The molecule has 1 aromatic heterocycles. The Bertz CT molecular complexity index is 1250. The van der Waals surface area contributed by atoms with E-state index in [9.17, 15) is 14.9 Å². The number of amides is 1. The highest BCUT2D eigenvalue weighted by Crippen LogP contribution is 2.30. The van der Waals surface area contributed by atoms with Gasteiger partial charge in [-0.15, -0.1) is 0 Å². The molecule has 0 atom stereocenters. The van der Waals surface area contributed by atoms with Crippen molar-refractivity contribution in [2.45, 2.75) is 20.5 Å². The van der Waals surface area contributed by atoms with E-state index in [1.54, 1.807) is 18.2 Å². The summed E-state index contributed by atoms with van der Waals surface area (Å²) in [4.78, 5) is 23.5. The molecule has 0 fully saturated rings. The minimum absolute atomic E-state index is 0.000582. The van der Waals surface area contributed by atoms with Crippen LogP contribution >= 0.6 is 0 Å². The number of carboxylic acid groups (broad SMARTS) is 1. The van der Waals surface area contributed by atoms with Gasteiger partial charge in [-0.05, 0) is 73.0 Å². The number of ether oxygens (including phenoxy) is 2. The van der Waals surface area contributed by atoms with Crippen molar-refractivity contribution in [2.75, 3.05) is 12.4 Å². The molecule has 0 bridgehead atoms. The van der Waals surface area contributed by atoms with Crippen molar-refractivity contribution in [3.05, 3.63) is 82.3 Å². The first-order valence-corrected chi connectivity index (χ1v) is 9.93. The summed E-state index contributed by atoms with van der Waals surface area (Å²) in [6, 6.07) is 15.4. The Morgan fingerprint density at radius 3 is 2.42 bits per heavy atom. The first-order chi connectivity index (χ1) is 15.8. The topological polar surface area (TPSA) is 122 Å². The number of hydrogen-bond acceptors (Lipinski definition) is 6. The summed E-state index contributed by atoms with van der Waals surface area (Å²) in [5.74, 6) is -0.752.